The first kappa shape index (κ1) is 17.6. The summed E-state index contributed by atoms with van der Waals surface area (Å²) in [7, 11) is 0. The number of carbonyl (C=O) groups excluding carboxylic acids is 1. The molecule has 0 radical (unpaired) electrons. The fourth-order valence-electron chi connectivity index (χ4n) is 1.81. The Labute approximate surface area is 118 Å². The van der Waals surface area contributed by atoms with Crippen LogP contribution >= 0.6 is 0 Å². The quantitative estimate of drug-likeness (QED) is 0.194. The van der Waals surface area contributed by atoms with E-state index in [4.69, 9.17) is 0 Å². The molecule has 0 rings (SSSR count). The molecule has 0 saturated carbocycles. The predicted molar refractivity (Wildman–Crippen MR) is 85.2 cm³/mol. The van der Waals surface area contributed by atoms with E-state index in [0.29, 0.717) is 6.42 Å². The highest BCUT2D eigenvalue weighted by molar-refractivity contribution is 5.94. The average Bonchev–Trinajstić information content (AvgIpc) is 2.41. The summed E-state index contributed by atoms with van der Waals surface area (Å²) in [4.78, 5) is 11.7. The number of ketones is 1. The molecule has 1 nitrogen and oxygen atoms in total. The topological polar surface area (TPSA) is 17.1 Å². The van der Waals surface area contributed by atoms with Crippen LogP contribution in [0.25, 0.3) is 0 Å². The van der Waals surface area contributed by atoms with Crippen molar-refractivity contribution < 1.29 is 4.79 Å². The third kappa shape index (κ3) is 11.5. The average molecular weight is 260 g/mol. The molecule has 0 aromatic heterocycles. The van der Waals surface area contributed by atoms with Crippen LogP contribution < -0.4 is 0 Å². The lowest BCUT2D eigenvalue weighted by Gasteiger charge is -2.00. The van der Waals surface area contributed by atoms with Crippen molar-refractivity contribution >= 4 is 5.78 Å². The van der Waals surface area contributed by atoms with E-state index in [1.165, 1.54) is 19.3 Å². The molecule has 0 spiro atoms. The zero-order chi connectivity index (χ0) is 14.3. The predicted octanol–water partition coefficient (Wildman–Crippen LogP) is 5.55. The number of allylic oxidation sites excluding steroid dienone is 6. The zero-order valence-corrected chi connectivity index (χ0v) is 12.4. The van der Waals surface area contributed by atoms with Crippen molar-refractivity contribution in [3.63, 3.8) is 0 Å². The fraction of sp³-hybridized carbons (Fsp3) is 0.500. The van der Waals surface area contributed by atoms with Crippen LogP contribution in [0.1, 0.15) is 58.3 Å². The Morgan fingerprint density at radius 2 is 1.74 bits per heavy atom. The maximum atomic E-state index is 11.7. The summed E-state index contributed by atoms with van der Waals surface area (Å²) in [6, 6.07) is 0. The van der Waals surface area contributed by atoms with E-state index in [1.807, 2.05) is 25.2 Å². The van der Waals surface area contributed by atoms with E-state index >= 15 is 0 Å². The second kappa shape index (κ2) is 13.1. The van der Waals surface area contributed by atoms with Crippen LogP contribution in [0.5, 0.6) is 0 Å². The van der Waals surface area contributed by atoms with Crippen LogP contribution in [0.15, 0.2) is 49.1 Å². The summed E-state index contributed by atoms with van der Waals surface area (Å²) in [5.74, 6) is 0.288. The summed E-state index contributed by atoms with van der Waals surface area (Å²) in [6.45, 7) is 9.24. The molecule has 0 bridgehead atoms. The van der Waals surface area contributed by atoms with Gasteiger partial charge in [0.2, 0.25) is 0 Å². The number of rotatable bonds is 12. The largest absolute Gasteiger partial charge is 0.295 e. The van der Waals surface area contributed by atoms with Gasteiger partial charge in [-0.15, -0.1) is 6.58 Å². The van der Waals surface area contributed by atoms with Gasteiger partial charge in [0.05, 0.1) is 0 Å². The molecule has 0 fully saturated rings. The first-order valence-electron chi connectivity index (χ1n) is 7.30. The van der Waals surface area contributed by atoms with Gasteiger partial charge in [0.15, 0.2) is 5.78 Å². The van der Waals surface area contributed by atoms with Gasteiger partial charge in [0.25, 0.3) is 0 Å². The molecule has 0 aliphatic rings. The van der Waals surface area contributed by atoms with Gasteiger partial charge in [0, 0.05) is 6.42 Å². The molecule has 0 aromatic rings. The number of hydrogen-bond acceptors (Lipinski definition) is 1. The minimum atomic E-state index is 0.288. The van der Waals surface area contributed by atoms with Gasteiger partial charge >= 0.3 is 0 Å². The normalized spacial score (nSPS) is 11.7. The molecule has 0 aliphatic carbocycles. The maximum absolute atomic E-state index is 11.7. The van der Waals surface area contributed by atoms with Crippen molar-refractivity contribution in [1.29, 1.82) is 0 Å². The van der Waals surface area contributed by atoms with Gasteiger partial charge < -0.3 is 0 Å². The fourth-order valence-corrected chi connectivity index (χ4v) is 1.81. The monoisotopic (exact) mass is 260 g/mol. The Kier molecular flexibility index (Phi) is 12.1. The highest BCUT2D eigenvalue weighted by atomic mass is 16.1. The van der Waals surface area contributed by atoms with Gasteiger partial charge in [-0.2, -0.15) is 0 Å². The lowest BCUT2D eigenvalue weighted by Crippen LogP contribution is -1.99. The molecule has 0 atom stereocenters. The third-order valence-electron chi connectivity index (χ3n) is 3.05. The summed E-state index contributed by atoms with van der Waals surface area (Å²) < 4.78 is 0. The van der Waals surface area contributed by atoms with Gasteiger partial charge in [-0.3, -0.25) is 4.79 Å². The Hall–Kier alpha value is -1.37. The highest BCUT2D eigenvalue weighted by Crippen LogP contribution is 2.09. The minimum Gasteiger partial charge on any atom is -0.295 e. The second-order valence-corrected chi connectivity index (χ2v) is 4.79. The van der Waals surface area contributed by atoms with E-state index in [0.717, 1.165) is 31.3 Å². The van der Waals surface area contributed by atoms with E-state index in [2.05, 4.69) is 25.3 Å². The summed E-state index contributed by atoms with van der Waals surface area (Å²) in [6.07, 6.45) is 18.1. The molecule has 0 aromatic carbocycles. The number of Topliss-reactive ketones (excluding diaryl/α,β-unsaturated/α-hetero) is 1. The molecule has 19 heavy (non-hydrogen) atoms. The third-order valence-corrected chi connectivity index (χ3v) is 3.05. The van der Waals surface area contributed by atoms with Gasteiger partial charge in [-0.05, 0) is 51.0 Å². The molecule has 106 valence electrons. The van der Waals surface area contributed by atoms with Crippen molar-refractivity contribution in [2.45, 2.75) is 58.3 Å². The smallest absolute Gasteiger partial charge is 0.158 e. The lowest BCUT2D eigenvalue weighted by molar-refractivity contribution is -0.115. The Bertz CT molecular complexity index is 321. The van der Waals surface area contributed by atoms with Gasteiger partial charge in [0.1, 0.15) is 0 Å². The SMILES string of the molecule is C=C/C=C/CCCCC/C=C(\C)C(=O)CCCC=C. The van der Waals surface area contributed by atoms with Crippen molar-refractivity contribution in [2.24, 2.45) is 0 Å². The van der Waals surface area contributed by atoms with Crippen molar-refractivity contribution in [2.75, 3.05) is 0 Å². The van der Waals surface area contributed by atoms with E-state index < -0.39 is 0 Å². The first-order valence-corrected chi connectivity index (χ1v) is 7.30. The first-order chi connectivity index (χ1) is 9.22. The number of unbranched alkanes of at least 4 members (excludes halogenated alkanes) is 5. The maximum Gasteiger partial charge on any atom is 0.158 e. The van der Waals surface area contributed by atoms with Crippen molar-refractivity contribution in [1.82, 2.24) is 0 Å². The summed E-state index contributed by atoms with van der Waals surface area (Å²) in [5.41, 5.74) is 0.926. The summed E-state index contributed by atoms with van der Waals surface area (Å²) >= 11 is 0. The van der Waals surface area contributed by atoms with E-state index in [1.54, 1.807) is 0 Å². The van der Waals surface area contributed by atoms with Crippen LogP contribution in [-0.2, 0) is 4.79 Å². The zero-order valence-electron chi connectivity index (χ0n) is 12.4. The molecule has 0 unspecified atom stereocenters. The summed E-state index contributed by atoms with van der Waals surface area (Å²) in [5, 5.41) is 0. The molecular formula is C18H28O. The van der Waals surface area contributed by atoms with E-state index in [9.17, 15) is 4.79 Å². The molecule has 0 N–H and O–H groups in total. The molecular weight excluding hydrogens is 232 g/mol. The van der Waals surface area contributed by atoms with E-state index in [-0.39, 0.29) is 5.78 Å². The number of hydrogen-bond donors (Lipinski definition) is 0. The van der Waals surface area contributed by atoms with Crippen LogP contribution in [-0.4, -0.2) is 5.78 Å². The molecule has 1 heteroatoms. The van der Waals surface area contributed by atoms with Crippen LogP contribution in [0.3, 0.4) is 0 Å². The van der Waals surface area contributed by atoms with Crippen molar-refractivity contribution in [3.8, 4) is 0 Å². The molecule has 0 amide bonds. The van der Waals surface area contributed by atoms with Gasteiger partial charge in [-0.25, -0.2) is 0 Å². The molecule has 0 saturated heterocycles. The minimum absolute atomic E-state index is 0.288. The number of carbonyl (C=O) groups is 1. The second-order valence-electron chi connectivity index (χ2n) is 4.79. The lowest BCUT2D eigenvalue weighted by atomic mass is 10.0. The standard InChI is InChI=1S/C18H28O/c1-4-6-8-9-10-11-12-14-15-17(3)18(19)16-13-7-5-2/h4-6,8,15H,1-2,7,9-14,16H2,3H3/b8-6+,17-15+. The Morgan fingerprint density at radius 1 is 1.00 bits per heavy atom. The van der Waals surface area contributed by atoms with Crippen LogP contribution in [0.2, 0.25) is 0 Å². The van der Waals surface area contributed by atoms with Crippen LogP contribution in [0, 0.1) is 0 Å². The van der Waals surface area contributed by atoms with Crippen LogP contribution in [0.4, 0.5) is 0 Å². The molecule has 0 heterocycles. The Balaban J connectivity index is 3.62. The highest BCUT2D eigenvalue weighted by Gasteiger charge is 2.02. The molecule has 0 aliphatic heterocycles. The Morgan fingerprint density at radius 3 is 2.42 bits per heavy atom. The van der Waals surface area contributed by atoms with Gasteiger partial charge in [-0.1, -0.05) is 43.4 Å². The van der Waals surface area contributed by atoms with Crippen molar-refractivity contribution in [3.05, 3.63) is 49.1 Å².